The molecule has 1 heterocycles. The SMILES string of the molecule is Cc1ccc2sc(Nc3c(F)cccc3F)nc2c1. The highest BCUT2D eigenvalue weighted by Crippen LogP contribution is 2.30. The van der Waals surface area contributed by atoms with Gasteiger partial charge in [0.15, 0.2) is 5.13 Å². The highest BCUT2D eigenvalue weighted by atomic mass is 32.1. The van der Waals surface area contributed by atoms with Crippen molar-refractivity contribution in [3.63, 3.8) is 0 Å². The summed E-state index contributed by atoms with van der Waals surface area (Å²) in [4.78, 5) is 4.33. The number of para-hydroxylation sites is 1. The molecule has 0 spiro atoms. The molecule has 3 aromatic rings. The van der Waals surface area contributed by atoms with E-state index in [1.54, 1.807) is 0 Å². The Hall–Kier alpha value is -2.01. The quantitative estimate of drug-likeness (QED) is 0.738. The lowest BCUT2D eigenvalue weighted by Crippen LogP contribution is -1.96. The smallest absolute Gasteiger partial charge is 0.188 e. The molecule has 96 valence electrons. The van der Waals surface area contributed by atoms with Crippen molar-refractivity contribution in [2.45, 2.75) is 6.92 Å². The molecule has 0 bridgehead atoms. The Kier molecular flexibility index (Phi) is 2.91. The molecule has 0 aliphatic rings. The Balaban J connectivity index is 2.01. The standard InChI is InChI=1S/C14H10F2N2S/c1-8-5-6-12-11(7-8)17-14(19-12)18-13-9(15)3-2-4-10(13)16/h2-7H,1H3,(H,17,18). The van der Waals surface area contributed by atoms with Gasteiger partial charge in [-0.2, -0.15) is 0 Å². The molecule has 1 aromatic heterocycles. The number of hydrogen-bond acceptors (Lipinski definition) is 3. The molecule has 0 aliphatic carbocycles. The van der Waals surface area contributed by atoms with Crippen molar-refractivity contribution in [1.82, 2.24) is 4.98 Å². The van der Waals surface area contributed by atoms with Crippen molar-refractivity contribution in [2.24, 2.45) is 0 Å². The number of rotatable bonds is 2. The molecular weight excluding hydrogens is 266 g/mol. The number of nitrogens with zero attached hydrogens (tertiary/aromatic N) is 1. The summed E-state index contributed by atoms with van der Waals surface area (Å²) in [5.74, 6) is -1.26. The van der Waals surface area contributed by atoms with Crippen molar-refractivity contribution < 1.29 is 8.78 Å². The number of aromatic nitrogens is 1. The van der Waals surface area contributed by atoms with Crippen LogP contribution in [-0.2, 0) is 0 Å². The van der Waals surface area contributed by atoms with Crippen LogP contribution in [0.15, 0.2) is 36.4 Å². The molecule has 3 rings (SSSR count). The summed E-state index contributed by atoms with van der Waals surface area (Å²) in [7, 11) is 0. The monoisotopic (exact) mass is 276 g/mol. The van der Waals surface area contributed by atoms with E-state index in [9.17, 15) is 8.78 Å². The van der Waals surface area contributed by atoms with Gasteiger partial charge in [-0.15, -0.1) is 0 Å². The first-order valence-electron chi connectivity index (χ1n) is 5.72. The molecular formula is C14H10F2N2S. The molecule has 0 unspecified atom stereocenters. The fourth-order valence-electron chi connectivity index (χ4n) is 1.82. The zero-order chi connectivity index (χ0) is 13.4. The first-order valence-corrected chi connectivity index (χ1v) is 6.53. The lowest BCUT2D eigenvalue weighted by atomic mass is 10.2. The third-order valence-corrected chi connectivity index (χ3v) is 3.69. The maximum Gasteiger partial charge on any atom is 0.188 e. The third-order valence-electron chi connectivity index (χ3n) is 2.74. The van der Waals surface area contributed by atoms with E-state index < -0.39 is 11.6 Å². The van der Waals surface area contributed by atoms with Crippen LogP contribution in [0.3, 0.4) is 0 Å². The van der Waals surface area contributed by atoms with E-state index >= 15 is 0 Å². The second-order valence-electron chi connectivity index (χ2n) is 4.21. The minimum atomic E-state index is -0.629. The van der Waals surface area contributed by atoms with E-state index in [0.29, 0.717) is 5.13 Å². The van der Waals surface area contributed by atoms with Crippen LogP contribution in [0.5, 0.6) is 0 Å². The minimum Gasteiger partial charge on any atom is -0.327 e. The average Bonchev–Trinajstić information content (AvgIpc) is 2.75. The van der Waals surface area contributed by atoms with Crippen LogP contribution in [0.25, 0.3) is 10.2 Å². The summed E-state index contributed by atoms with van der Waals surface area (Å²) in [6.07, 6.45) is 0. The summed E-state index contributed by atoms with van der Waals surface area (Å²) >= 11 is 1.36. The Morgan fingerprint density at radius 2 is 1.84 bits per heavy atom. The van der Waals surface area contributed by atoms with E-state index in [-0.39, 0.29) is 5.69 Å². The number of hydrogen-bond donors (Lipinski definition) is 1. The number of benzene rings is 2. The van der Waals surface area contributed by atoms with Gasteiger partial charge in [-0.25, -0.2) is 13.8 Å². The molecule has 2 nitrogen and oxygen atoms in total. The fraction of sp³-hybridized carbons (Fsp3) is 0.0714. The molecule has 0 saturated heterocycles. The Bertz CT molecular complexity index is 732. The molecule has 0 aliphatic heterocycles. The van der Waals surface area contributed by atoms with Gasteiger partial charge in [0.1, 0.15) is 17.3 Å². The minimum absolute atomic E-state index is 0.168. The zero-order valence-electron chi connectivity index (χ0n) is 10.1. The van der Waals surface area contributed by atoms with Gasteiger partial charge in [-0.3, -0.25) is 0 Å². The number of thiazole rings is 1. The number of fused-ring (bicyclic) bond motifs is 1. The normalized spacial score (nSPS) is 10.9. The summed E-state index contributed by atoms with van der Waals surface area (Å²) in [6, 6.07) is 9.62. The Labute approximate surface area is 112 Å². The zero-order valence-corrected chi connectivity index (χ0v) is 10.9. The van der Waals surface area contributed by atoms with Gasteiger partial charge in [-0.05, 0) is 36.8 Å². The van der Waals surface area contributed by atoms with E-state index in [0.717, 1.165) is 15.8 Å². The molecule has 5 heteroatoms. The topological polar surface area (TPSA) is 24.9 Å². The second kappa shape index (κ2) is 4.59. The van der Waals surface area contributed by atoms with Crippen LogP contribution < -0.4 is 5.32 Å². The van der Waals surface area contributed by atoms with Gasteiger partial charge in [0.05, 0.1) is 10.2 Å². The molecule has 0 atom stereocenters. The van der Waals surface area contributed by atoms with Crippen LogP contribution in [0.1, 0.15) is 5.56 Å². The van der Waals surface area contributed by atoms with Crippen LogP contribution in [-0.4, -0.2) is 4.98 Å². The second-order valence-corrected chi connectivity index (χ2v) is 5.24. The van der Waals surface area contributed by atoms with Crippen molar-refractivity contribution in [3.8, 4) is 0 Å². The molecule has 1 N–H and O–H groups in total. The summed E-state index contributed by atoms with van der Waals surface area (Å²) < 4.78 is 28.0. The predicted molar refractivity (Wildman–Crippen MR) is 74.0 cm³/mol. The van der Waals surface area contributed by atoms with Crippen LogP contribution in [0, 0.1) is 18.6 Å². The summed E-state index contributed by atoms with van der Waals surface area (Å²) in [5, 5.41) is 3.18. The lowest BCUT2D eigenvalue weighted by molar-refractivity contribution is 0.591. The average molecular weight is 276 g/mol. The lowest BCUT2D eigenvalue weighted by Gasteiger charge is -2.04. The van der Waals surface area contributed by atoms with E-state index in [1.807, 2.05) is 25.1 Å². The summed E-state index contributed by atoms with van der Waals surface area (Å²) in [6.45, 7) is 1.97. The number of aryl methyl sites for hydroxylation is 1. The molecule has 0 saturated carbocycles. The van der Waals surface area contributed by atoms with Gasteiger partial charge in [0, 0.05) is 0 Å². The maximum absolute atomic E-state index is 13.5. The highest BCUT2D eigenvalue weighted by Gasteiger charge is 2.11. The van der Waals surface area contributed by atoms with Crippen LogP contribution >= 0.6 is 11.3 Å². The van der Waals surface area contributed by atoms with Gasteiger partial charge in [0.25, 0.3) is 0 Å². The van der Waals surface area contributed by atoms with E-state index in [2.05, 4.69) is 10.3 Å². The molecule has 19 heavy (non-hydrogen) atoms. The molecule has 0 fully saturated rings. The Morgan fingerprint density at radius 3 is 2.58 bits per heavy atom. The maximum atomic E-state index is 13.5. The number of anilines is 2. The van der Waals surface area contributed by atoms with Crippen molar-refractivity contribution >= 4 is 32.4 Å². The molecule has 0 amide bonds. The van der Waals surface area contributed by atoms with Crippen molar-refractivity contribution in [1.29, 1.82) is 0 Å². The largest absolute Gasteiger partial charge is 0.327 e. The first kappa shape index (κ1) is 12.0. The summed E-state index contributed by atoms with van der Waals surface area (Å²) in [5.41, 5.74) is 1.75. The number of nitrogens with one attached hydrogen (secondary N) is 1. The van der Waals surface area contributed by atoms with Crippen LogP contribution in [0.4, 0.5) is 19.6 Å². The Morgan fingerprint density at radius 1 is 1.11 bits per heavy atom. The predicted octanol–water partition coefficient (Wildman–Crippen LogP) is 4.63. The van der Waals surface area contributed by atoms with Crippen LogP contribution in [0.2, 0.25) is 0 Å². The third kappa shape index (κ3) is 2.29. The van der Waals surface area contributed by atoms with E-state index in [1.165, 1.54) is 29.5 Å². The fourth-order valence-corrected chi connectivity index (χ4v) is 2.67. The highest BCUT2D eigenvalue weighted by molar-refractivity contribution is 7.22. The van der Waals surface area contributed by atoms with Crippen molar-refractivity contribution in [3.05, 3.63) is 53.6 Å². The van der Waals surface area contributed by atoms with E-state index in [4.69, 9.17) is 0 Å². The number of halogens is 2. The van der Waals surface area contributed by atoms with Gasteiger partial charge in [0.2, 0.25) is 0 Å². The van der Waals surface area contributed by atoms with Gasteiger partial charge < -0.3 is 5.32 Å². The van der Waals surface area contributed by atoms with Crippen molar-refractivity contribution in [2.75, 3.05) is 5.32 Å². The first-order chi connectivity index (χ1) is 9.13. The van der Waals surface area contributed by atoms with Gasteiger partial charge in [-0.1, -0.05) is 23.5 Å². The molecule has 2 aromatic carbocycles. The van der Waals surface area contributed by atoms with Gasteiger partial charge >= 0.3 is 0 Å². The molecule has 0 radical (unpaired) electrons.